The first kappa shape index (κ1) is 11.6. The summed E-state index contributed by atoms with van der Waals surface area (Å²) in [4.78, 5) is 16.3. The van der Waals surface area contributed by atoms with Gasteiger partial charge in [0.25, 0.3) is 0 Å². The first-order chi connectivity index (χ1) is 7.50. The lowest BCUT2D eigenvalue weighted by Gasteiger charge is -2.24. The highest BCUT2D eigenvalue weighted by Crippen LogP contribution is 2.33. The second-order valence-corrected chi connectivity index (χ2v) is 5.90. The predicted octanol–water partition coefficient (Wildman–Crippen LogP) is 1.92. The van der Waals surface area contributed by atoms with E-state index in [9.17, 15) is 4.79 Å². The number of carbonyl (C=O) groups excluding carboxylic acids is 1. The van der Waals surface area contributed by atoms with Crippen LogP contribution in [0.4, 0.5) is 0 Å². The number of hydrogen-bond acceptors (Lipinski definition) is 3. The van der Waals surface area contributed by atoms with E-state index in [0.29, 0.717) is 0 Å². The van der Waals surface area contributed by atoms with Crippen molar-refractivity contribution in [3.05, 3.63) is 21.9 Å². The monoisotopic (exact) mass is 238 g/mol. The lowest BCUT2D eigenvalue weighted by Crippen LogP contribution is -2.32. The Morgan fingerprint density at radius 2 is 2.25 bits per heavy atom. The Morgan fingerprint density at radius 3 is 2.69 bits per heavy atom. The molecule has 3 unspecified atom stereocenters. The number of carbonyl (C=O) groups is 1. The smallest absolute Gasteiger partial charge is 0.227 e. The molecule has 1 heterocycles. The largest absolute Gasteiger partial charge is 0.338 e. The highest BCUT2D eigenvalue weighted by Gasteiger charge is 2.42. The normalized spacial score (nSPS) is 25.2. The Hall–Kier alpha value is -0.870. The molecule has 0 aromatic carbocycles. The van der Waals surface area contributed by atoms with Gasteiger partial charge in [-0.25, -0.2) is 0 Å². The van der Waals surface area contributed by atoms with Crippen LogP contribution >= 0.6 is 11.3 Å². The fraction of sp³-hybridized carbons (Fsp3) is 0.583. The summed E-state index contributed by atoms with van der Waals surface area (Å²) >= 11 is 1.75. The third kappa shape index (κ3) is 2.13. The Kier molecular flexibility index (Phi) is 3.04. The first-order valence-electron chi connectivity index (χ1n) is 5.59. The minimum Gasteiger partial charge on any atom is -0.338 e. The summed E-state index contributed by atoms with van der Waals surface area (Å²) < 4.78 is 0. The van der Waals surface area contributed by atoms with Gasteiger partial charge in [0.2, 0.25) is 5.91 Å². The summed E-state index contributed by atoms with van der Waals surface area (Å²) in [6, 6.07) is 4.44. The zero-order valence-corrected chi connectivity index (χ0v) is 10.8. The number of rotatable bonds is 3. The van der Waals surface area contributed by atoms with Crippen molar-refractivity contribution in [1.29, 1.82) is 0 Å². The van der Waals surface area contributed by atoms with Gasteiger partial charge in [-0.2, -0.15) is 0 Å². The second-order valence-electron chi connectivity index (χ2n) is 4.58. The molecular formula is C12H18N2OS. The zero-order valence-electron chi connectivity index (χ0n) is 9.93. The molecule has 4 heteroatoms. The van der Waals surface area contributed by atoms with Crippen LogP contribution < -0.4 is 5.73 Å². The summed E-state index contributed by atoms with van der Waals surface area (Å²) in [6.07, 6.45) is 0.847. The van der Waals surface area contributed by atoms with Gasteiger partial charge in [-0.3, -0.25) is 4.79 Å². The summed E-state index contributed by atoms with van der Waals surface area (Å²) in [5.74, 6) is 0.250. The minimum absolute atomic E-state index is 0.0634. The van der Waals surface area contributed by atoms with Crippen LogP contribution in [-0.4, -0.2) is 23.9 Å². The van der Waals surface area contributed by atoms with E-state index in [0.717, 1.165) is 6.42 Å². The number of hydrogen-bond donors (Lipinski definition) is 1. The molecule has 2 N–H and O–H groups in total. The molecule has 1 fully saturated rings. The van der Waals surface area contributed by atoms with Crippen LogP contribution in [0.5, 0.6) is 0 Å². The second kappa shape index (κ2) is 4.18. The molecule has 1 amide bonds. The topological polar surface area (TPSA) is 46.3 Å². The molecule has 0 radical (unpaired) electrons. The molecule has 0 spiro atoms. The van der Waals surface area contributed by atoms with Gasteiger partial charge in [-0.05, 0) is 32.4 Å². The van der Waals surface area contributed by atoms with E-state index in [2.05, 4.69) is 26.0 Å². The zero-order chi connectivity index (χ0) is 11.9. The number of thiophene rings is 1. The molecule has 1 saturated carbocycles. The summed E-state index contributed by atoms with van der Waals surface area (Å²) in [5.41, 5.74) is 5.70. The van der Waals surface area contributed by atoms with E-state index >= 15 is 0 Å². The Balaban J connectivity index is 2.04. The lowest BCUT2D eigenvalue weighted by molar-refractivity contribution is -0.133. The molecule has 16 heavy (non-hydrogen) atoms. The van der Waals surface area contributed by atoms with Crippen molar-refractivity contribution in [3.8, 4) is 0 Å². The van der Waals surface area contributed by atoms with Crippen LogP contribution in [-0.2, 0) is 4.79 Å². The molecule has 0 bridgehead atoms. The first-order valence-corrected chi connectivity index (χ1v) is 6.41. The quantitative estimate of drug-likeness (QED) is 0.874. The minimum atomic E-state index is 0.0634. The van der Waals surface area contributed by atoms with Crippen LogP contribution in [0, 0.1) is 12.8 Å². The number of nitrogens with zero attached hydrogens (tertiary/aromatic N) is 1. The van der Waals surface area contributed by atoms with E-state index in [1.165, 1.54) is 9.75 Å². The highest BCUT2D eigenvalue weighted by molar-refractivity contribution is 7.12. The van der Waals surface area contributed by atoms with Gasteiger partial charge in [0.15, 0.2) is 0 Å². The molecular weight excluding hydrogens is 220 g/mol. The fourth-order valence-electron chi connectivity index (χ4n) is 1.82. The van der Waals surface area contributed by atoms with E-state index in [-0.39, 0.29) is 23.9 Å². The maximum absolute atomic E-state index is 12.0. The SMILES string of the molecule is Cc1ccc(C(C)N(C)C(=O)C2CC2N)s1. The van der Waals surface area contributed by atoms with Crippen LogP contribution in [0.15, 0.2) is 12.1 Å². The molecule has 2 rings (SSSR count). The van der Waals surface area contributed by atoms with Crippen molar-refractivity contribution in [2.24, 2.45) is 11.7 Å². The number of aryl methyl sites for hydroxylation is 1. The Bertz CT molecular complexity index is 401. The summed E-state index contributed by atoms with van der Waals surface area (Å²) in [7, 11) is 1.87. The molecule has 1 aliphatic rings. The summed E-state index contributed by atoms with van der Waals surface area (Å²) in [5, 5.41) is 0. The number of nitrogens with two attached hydrogens (primary N) is 1. The third-order valence-corrected chi connectivity index (χ3v) is 4.43. The highest BCUT2D eigenvalue weighted by atomic mass is 32.1. The van der Waals surface area contributed by atoms with Crippen molar-refractivity contribution in [1.82, 2.24) is 4.90 Å². The van der Waals surface area contributed by atoms with Gasteiger partial charge >= 0.3 is 0 Å². The van der Waals surface area contributed by atoms with Crippen molar-refractivity contribution in [2.45, 2.75) is 32.4 Å². The van der Waals surface area contributed by atoms with Crippen molar-refractivity contribution in [2.75, 3.05) is 7.05 Å². The molecule has 88 valence electrons. The maximum Gasteiger partial charge on any atom is 0.227 e. The molecule has 3 nitrogen and oxygen atoms in total. The molecule has 1 aromatic rings. The van der Waals surface area contributed by atoms with E-state index < -0.39 is 0 Å². The summed E-state index contributed by atoms with van der Waals surface area (Å²) in [6.45, 7) is 4.15. The third-order valence-electron chi connectivity index (χ3n) is 3.26. The molecule has 3 atom stereocenters. The van der Waals surface area contributed by atoms with Gasteiger partial charge in [0.1, 0.15) is 0 Å². The van der Waals surface area contributed by atoms with Gasteiger partial charge in [-0.1, -0.05) is 0 Å². The van der Waals surface area contributed by atoms with Gasteiger partial charge in [-0.15, -0.1) is 11.3 Å². The van der Waals surface area contributed by atoms with Crippen molar-refractivity contribution >= 4 is 17.2 Å². The van der Waals surface area contributed by atoms with Crippen molar-refractivity contribution in [3.63, 3.8) is 0 Å². The van der Waals surface area contributed by atoms with Crippen LogP contribution in [0.25, 0.3) is 0 Å². The molecule has 1 aromatic heterocycles. The number of amides is 1. The van der Waals surface area contributed by atoms with Crippen LogP contribution in [0.2, 0.25) is 0 Å². The molecule has 0 aliphatic heterocycles. The van der Waals surface area contributed by atoms with E-state index in [1.54, 1.807) is 11.3 Å². The van der Waals surface area contributed by atoms with Gasteiger partial charge < -0.3 is 10.6 Å². The van der Waals surface area contributed by atoms with Crippen LogP contribution in [0.1, 0.15) is 29.1 Å². The van der Waals surface area contributed by atoms with Gasteiger partial charge in [0.05, 0.1) is 12.0 Å². The Morgan fingerprint density at radius 1 is 1.62 bits per heavy atom. The standard InChI is InChI=1S/C12H18N2OS/c1-7-4-5-11(16-7)8(2)14(3)12(15)9-6-10(9)13/h4-5,8-10H,6,13H2,1-3H3. The lowest BCUT2D eigenvalue weighted by atomic mass is 10.2. The van der Waals surface area contributed by atoms with Gasteiger partial charge in [0, 0.05) is 22.8 Å². The molecule has 1 aliphatic carbocycles. The Labute approximate surface area is 100 Å². The molecule has 0 saturated heterocycles. The van der Waals surface area contributed by atoms with Crippen LogP contribution in [0.3, 0.4) is 0 Å². The predicted molar refractivity (Wildman–Crippen MR) is 66.3 cm³/mol. The average molecular weight is 238 g/mol. The average Bonchev–Trinajstić information content (AvgIpc) is 2.82. The van der Waals surface area contributed by atoms with E-state index in [1.807, 2.05) is 11.9 Å². The maximum atomic E-state index is 12.0. The van der Waals surface area contributed by atoms with Crippen molar-refractivity contribution < 1.29 is 4.79 Å². The fourth-order valence-corrected chi connectivity index (χ4v) is 2.79. The van der Waals surface area contributed by atoms with E-state index in [4.69, 9.17) is 5.73 Å².